The van der Waals surface area contributed by atoms with Crippen molar-refractivity contribution in [3.05, 3.63) is 48.0 Å². The average Bonchev–Trinajstić information content (AvgIpc) is 2.92. The second kappa shape index (κ2) is 13.2. The predicted octanol–water partition coefficient (Wildman–Crippen LogP) is 1.90. The summed E-state index contributed by atoms with van der Waals surface area (Å²) in [6, 6.07) is 11.3. The zero-order valence-corrected chi connectivity index (χ0v) is 22.1. The van der Waals surface area contributed by atoms with Gasteiger partial charge in [0.05, 0.1) is 25.7 Å². The zero-order valence-electron chi connectivity index (χ0n) is 21.3. The average molecular weight is 536 g/mol. The largest absolute Gasteiger partial charge is 0.493 e. The van der Waals surface area contributed by atoms with Crippen molar-refractivity contribution in [1.82, 2.24) is 14.5 Å². The van der Waals surface area contributed by atoms with Crippen molar-refractivity contribution >= 4 is 22.0 Å². The topological polar surface area (TPSA) is 124 Å². The SMILES string of the molecule is CCOC(=O)N1CCN(C(=O)COc2ccc(S(=O)(=O)NCCc3ccc(OC)c(OC)c3)cc2)CC1. The number of sulfonamides is 1. The number of carbonyl (C=O) groups excluding carboxylic acids is 2. The van der Waals surface area contributed by atoms with Gasteiger partial charge in [0.1, 0.15) is 5.75 Å². The number of methoxy groups -OCH3 is 2. The van der Waals surface area contributed by atoms with E-state index in [0.29, 0.717) is 56.5 Å². The van der Waals surface area contributed by atoms with Crippen LogP contribution in [0.15, 0.2) is 47.4 Å². The lowest BCUT2D eigenvalue weighted by Gasteiger charge is -2.33. The molecule has 2 amide bonds. The van der Waals surface area contributed by atoms with E-state index < -0.39 is 10.0 Å². The molecule has 12 heteroatoms. The molecule has 1 aliphatic heterocycles. The van der Waals surface area contributed by atoms with Crippen molar-refractivity contribution in [2.24, 2.45) is 0 Å². The number of hydrogen-bond donors (Lipinski definition) is 1. The third-order valence-electron chi connectivity index (χ3n) is 5.81. The molecular formula is C25H33N3O8S. The molecular weight excluding hydrogens is 502 g/mol. The molecule has 11 nitrogen and oxygen atoms in total. The van der Waals surface area contributed by atoms with Gasteiger partial charge in [-0.3, -0.25) is 4.79 Å². The lowest BCUT2D eigenvalue weighted by atomic mass is 10.1. The molecule has 0 saturated carbocycles. The maximum atomic E-state index is 12.7. The van der Waals surface area contributed by atoms with Crippen molar-refractivity contribution in [3.63, 3.8) is 0 Å². The highest BCUT2D eigenvalue weighted by atomic mass is 32.2. The lowest BCUT2D eigenvalue weighted by Crippen LogP contribution is -2.51. The molecule has 202 valence electrons. The van der Waals surface area contributed by atoms with Gasteiger partial charge in [-0.1, -0.05) is 6.07 Å². The van der Waals surface area contributed by atoms with E-state index in [1.165, 1.54) is 24.3 Å². The molecule has 2 aromatic rings. The van der Waals surface area contributed by atoms with Crippen LogP contribution in [0.1, 0.15) is 12.5 Å². The molecule has 3 rings (SSSR count). The van der Waals surface area contributed by atoms with Crippen molar-refractivity contribution in [2.75, 3.05) is 60.2 Å². The van der Waals surface area contributed by atoms with E-state index in [9.17, 15) is 18.0 Å². The minimum Gasteiger partial charge on any atom is -0.493 e. The van der Waals surface area contributed by atoms with Crippen LogP contribution in [0.4, 0.5) is 4.79 Å². The number of ether oxygens (including phenoxy) is 4. The van der Waals surface area contributed by atoms with Crippen LogP contribution >= 0.6 is 0 Å². The molecule has 0 spiro atoms. The smallest absolute Gasteiger partial charge is 0.409 e. The van der Waals surface area contributed by atoms with Gasteiger partial charge in [-0.15, -0.1) is 0 Å². The van der Waals surface area contributed by atoms with E-state index >= 15 is 0 Å². The maximum Gasteiger partial charge on any atom is 0.409 e. The number of nitrogens with zero attached hydrogens (tertiary/aromatic N) is 2. The summed E-state index contributed by atoms with van der Waals surface area (Å²) in [5.74, 6) is 1.35. The fraction of sp³-hybridized carbons (Fsp3) is 0.440. The number of nitrogens with one attached hydrogen (secondary N) is 1. The molecule has 1 N–H and O–H groups in total. The summed E-state index contributed by atoms with van der Waals surface area (Å²) in [4.78, 5) is 27.5. The van der Waals surface area contributed by atoms with Gasteiger partial charge in [-0.25, -0.2) is 17.9 Å². The number of amides is 2. The molecule has 1 saturated heterocycles. The third-order valence-corrected chi connectivity index (χ3v) is 7.29. The van der Waals surface area contributed by atoms with Gasteiger partial charge in [0.15, 0.2) is 18.1 Å². The Labute approximate surface area is 217 Å². The second-order valence-corrected chi connectivity index (χ2v) is 9.93. The lowest BCUT2D eigenvalue weighted by molar-refractivity contribution is -0.134. The van der Waals surface area contributed by atoms with E-state index in [1.807, 2.05) is 6.07 Å². The van der Waals surface area contributed by atoms with E-state index in [0.717, 1.165) is 5.56 Å². The molecule has 0 bridgehead atoms. The van der Waals surface area contributed by atoms with Gasteiger partial charge >= 0.3 is 6.09 Å². The second-order valence-electron chi connectivity index (χ2n) is 8.16. The Balaban J connectivity index is 1.45. The molecule has 1 aliphatic rings. The summed E-state index contributed by atoms with van der Waals surface area (Å²) in [5.41, 5.74) is 0.899. The van der Waals surface area contributed by atoms with Gasteiger partial charge in [-0.05, 0) is 55.3 Å². The standard InChI is InChI=1S/C25H33N3O8S/c1-4-35-25(30)28-15-13-27(14-16-28)24(29)18-36-20-6-8-21(9-7-20)37(31,32)26-12-11-19-5-10-22(33-2)23(17-19)34-3/h5-10,17,26H,4,11-16,18H2,1-3H3. The first-order chi connectivity index (χ1) is 17.8. The van der Waals surface area contributed by atoms with Gasteiger partial charge in [0.2, 0.25) is 10.0 Å². The van der Waals surface area contributed by atoms with Gasteiger partial charge in [0, 0.05) is 32.7 Å². The molecule has 0 radical (unpaired) electrons. The number of hydrogen-bond acceptors (Lipinski definition) is 8. The van der Waals surface area contributed by atoms with Crippen LogP contribution in [0.25, 0.3) is 0 Å². The monoisotopic (exact) mass is 535 g/mol. The van der Waals surface area contributed by atoms with Crippen molar-refractivity contribution < 1.29 is 37.0 Å². The summed E-state index contributed by atoms with van der Waals surface area (Å²) in [6.45, 7) is 3.66. The fourth-order valence-electron chi connectivity index (χ4n) is 3.75. The van der Waals surface area contributed by atoms with E-state index in [2.05, 4.69) is 4.72 Å². The zero-order chi connectivity index (χ0) is 26.8. The highest BCUT2D eigenvalue weighted by molar-refractivity contribution is 7.89. The predicted molar refractivity (Wildman–Crippen MR) is 136 cm³/mol. The number of carbonyl (C=O) groups is 2. The summed E-state index contributed by atoms with van der Waals surface area (Å²) >= 11 is 0. The quantitative estimate of drug-likeness (QED) is 0.463. The molecule has 0 unspecified atom stereocenters. The van der Waals surface area contributed by atoms with E-state index in [1.54, 1.807) is 43.1 Å². The molecule has 1 fully saturated rings. The van der Waals surface area contributed by atoms with Crippen LogP contribution in [0.5, 0.6) is 17.2 Å². The van der Waals surface area contributed by atoms with Gasteiger partial charge < -0.3 is 28.7 Å². The van der Waals surface area contributed by atoms with Crippen molar-refractivity contribution in [1.29, 1.82) is 0 Å². The van der Waals surface area contributed by atoms with Crippen molar-refractivity contribution in [3.8, 4) is 17.2 Å². The van der Waals surface area contributed by atoms with Crippen LogP contribution < -0.4 is 18.9 Å². The molecule has 37 heavy (non-hydrogen) atoms. The first-order valence-electron chi connectivity index (χ1n) is 11.9. The molecule has 0 aromatic heterocycles. The Kier molecular flexibility index (Phi) is 9.98. The molecule has 1 heterocycles. The highest BCUT2D eigenvalue weighted by Crippen LogP contribution is 2.27. The first-order valence-corrected chi connectivity index (χ1v) is 13.4. The molecule has 2 aromatic carbocycles. The Morgan fingerprint density at radius 2 is 1.57 bits per heavy atom. The van der Waals surface area contributed by atoms with Crippen LogP contribution in [-0.4, -0.2) is 90.4 Å². The summed E-state index contributed by atoms with van der Waals surface area (Å²) in [5, 5.41) is 0. The van der Waals surface area contributed by atoms with Crippen molar-refractivity contribution in [2.45, 2.75) is 18.2 Å². The Bertz CT molecular complexity index is 1160. The summed E-state index contributed by atoms with van der Waals surface area (Å²) < 4.78 is 48.9. The Morgan fingerprint density at radius 1 is 0.919 bits per heavy atom. The summed E-state index contributed by atoms with van der Waals surface area (Å²) in [7, 11) is -0.624. The van der Waals surface area contributed by atoms with Gasteiger partial charge in [-0.2, -0.15) is 0 Å². The number of benzene rings is 2. The fourth-order valence-corrected chi connectivity index (χ4v) is 4.79. The normalized spacial score (nSPS) is 13.7. The highest BCUT2D eigenvalue weighted by Gasteiger charge is 2.25. The number of piperazine rings is 1. The van der Waals surface area contributed by atoms with Crippen LogP contribution in [0.2, 0.25) is 0 Å². The molecule has 0 aliphatic carbocycles. The minimum atomic E-state index is -3.72. The van der Waals surface area contributed by atoms with Crippen LogP contribution in [0.3, 0.4) is 0 Å². The molecule has 0 atom stereocenters. The third kappa shape index (κ3) is 7.73. The Morgan fingerprint density at radius 3 is 2.19 bits per heavy atom. The maximum absolute atomic E-state index is 12.7. The van der Waals surface area contributed by atoms with E-state index in [4.69, 9.17) is 18.9 Å². The van der Waals surface area contributed by atoms with Crippen LogP contribution in [0, 0.1) is 0 Å². The van der Waals surface area contributed by atoms with Crippen LogP contribution in [-0.2, 0) is 26.0 Å². The minimum absolute atomic E-state index is 0.0913. The Hall–Kier alpha value is -3.51. The van der Waals surface area contributed by atoms with Gasteiger partial charge in [0.25, 0.3) is 5.91 Å². The summed E-state index contributed by atoms with van der Waals surface area (Å²) in [6.07, 6.45) is 0.0908. The number of rotatable bonds is 11. The van der Waals surface area contributed by atoms with E-state index in [-0.39, 0.29) is 30.0 Å². The first kappa shape index (κ1) is 28.1.